The number of hydrogen-bond acceptors (Lipinski definition) is 5. The molecule has 2 amide bonds. The van der Waals surface area contributed by atoms with Gasteiger partial charge in [0, 0.05) is 24.4 Å². The molecule has 1 aromatic rings. The number of esters is 1. The summed E-state index contributed by atoms with van der Waals surface area (Å²) < 4.78 is 15.8. The summed E-state index contributed by atoms with van der Waals surface area (Å²) in [6, 6.07) is 4.26. The Morgan fingerprint density at radius 3 is 2.58 bits per heavy atom. The van der Waals surface area contributed by atoms with Gasteiger partial charge in [0.1, 0.15) is 11.5 Å². The van der Waals surface area contributed by atoms with Crippen molar-refractivity contribution in [1.29, 1.82) is 0 Å². The molecule has 0 saturated carbocycles. The second-order valence-electron chi connectivity index (χ2n) is 5.27. The molecular weight excluding hydrogens is 312 g/mol. The van der Waals surface area contributed by atoms with E-state index < -0.39 is 12.0 Å². The molecular formula is C17H22N2O5. The number of ether oxygens (including phenoxy) is 3. The molecule has 1 aliphatic rings. The molecule has 1 aromatic carbocycles. The smallest absolute Gasteiger partial charge is 0.338 e. The third-order valence-electron chi connectivity index (χ3n) is 4.00. The molecule has 2 rings (SSSR count). The summed E-state index contributed by atoms with van der Waals surface area (Å²) in [6.45, 7) is 3.70. The largest absolute Gasteiger partial charge is 0.497 e. The standard InChI is InChI=1S/C17H22N2O5/c1-6-24-16(20)14-10(2)19(3)17(21)18-15(14)12-8-7-11(22-4)9-13(12)23-5/h7-9,15H,6H2,1-5H3,(H,18,21). The van der Waals surface area contributed by atoms with Crippen LogP contribution in [0.15, 0.2) is 29.5 Å². The number of nitrogens with one attached hydrogen (secondary N) is 1. The summed E-state index contributed by atoms with van der Waals surface area (Å²) in [5, 5.41) is 2.82. The molecule has 0 spiro atoms. The summed E-state index contributed by atoms with van der Waals surface area (Å²) in [6.07, 6.45) is 0. The van der Waals surface area contributed by atoms with Gasteiger partial charge in [-0.15, -0.1) is 0 Å². The van der Waals surface area contributed by atoms with Crippen LogP contribution in [0.5, 0.6) is 11.5 Å². The Bertz CT molecular complexity index is 684. The number of allylic oxidation sites excluding steroid dienone is 1. The van der Waals surface area contributed by atoms with Gasteiger partial charge in [0.15, 0.2) is 0 Å². The van der Waals surface area contributed by atoms with Gasteiger partial charge < -0.3 is 24.4 Å². The molecule has 1 unspecified atom stereocenters. The van der Waals surface area contributed by atoms with Gasteiger partial charge in [-0.25, -0.2) is 9.59 Å². The van der Waals surface area contributed by atoms with E-state index in [0.29, 0.717) is 28.3 Å². The first-order valence-corrected chi connectivity index (χ1v) is 7.58. The van der Waals surface area contributed by atoms with Crippen molar-refractivity contribution in [3.05, 3.63) is 35.0 Å². The zero-order valence-electron chi connectivity index (χ0n) is 14.5. The molecule has 1 aliphatic heterocycles. The number of amides is 2. The highest BCUT2D eigenvalue weighted by molar-refractivity contribution is 5.95. The van der Waals surface area contributed by atoms with Crippen LogP contribution < -0.4 is 14.8 Å². The van der Waals surface area contributed by atoms with Crippen molar-refractivity contribution < 1.29 is 23.8 Å². The van der Waals surface area contributed by atoms with Crippen molar-refractivity contribution in [2.24, 2.45) is 0 Å². The molecule has 0 bridgehead atoms. The summed E-state index contributed by atoms with van der Waals surface area (Å²) in [7, 11) is 4.68. The van der Waals surface area contributed by atoms with Crippen molar-refractivity contribution in [3.63, 3.8) is 0 Å². The van der Waals surface area contributed by atoms with Crippen molar-refractivity contribution in [2.75, 3.05) is 27.9 Å². The van der Waals surface area contributed by atoms with E-state index in [1.807, 2.05) is 0 Å². The molecule has 0 fully saturated rings. The maximum Gasteiger partial charge on any atom is 0.338 e. The summed E-state index contributed by atoms with van der Waals surface area (Å²) in [5.74, 6) is 0.664. The Labute approximate surface area is 141 Å². The van der Waals surface area contributed by atoms with Crippen LogP contribution in [0.3, 0.4) is 0 Å². The van der Waals surface area contributed by atoms with Gasteiger partial charge in [0.05, 0.1) is 32.4 Å². The molecule has 0 saturated heterocycles. The Kier molecular flexibility index (Phi) is 5.33. The number of methoxy groups -OCH3 is 2. The number of carbonyl (C=O) groups excluding carboxylic acids is 2. The van der Waals surface area contributed by atoms with Crippen LogP contribution in [0.2, 0.25) is 0 Å². The molecule has 0 radical (unpaired) electrons. The Morgan fingerprint density at radius 2 is 2.00 bits per heavy atom. The number of hydrogen-bond donors (Lipinski definition) is 1. The predicted molar refractivity (Wildman–Crippen MR) is 87.9 cm³/mol. The fourth-order valence-electron chi connectivity index (χ4n) is 2.60. The monoisotopic (exact) mass is 334 g/mol. The average molecular weight is 334 g/mol. The minimum Gasteiger partial charge on any atom is -0.497 e. The van der Waals surface area contributed by atoms with Gasteiger partial charge in [-0.2, -0.15) is 0 Å². The SMILES string of the molecule is CCOC(=O)C1=C(C)N(C)C(=O)NC1c1ccc(OC)cc1OC. The van der Waals surface area contributed by atoms with Gasteiger partial charge in [-0.05, 0) is 26.0 Å². The number of benzene rings is 1. The first kappa shape index (κ1) is 17.7. The lowest BCUT2D eigenvalue weighted by Gasteiger charge is -2.33. The number of carbonyl (C=O) groups is 2. The highest BCUT2D eigenvalue weighted by Gasteiger charge is 2.36. The van der Waals surface area contributed by atoms with Crippen LogP contribution >= 0.6 is 0 Å². The van der Waals surface area contributed by atoms with Gasteiger partial charge in [0.25, 0.3) is 0 Å². The van der Waals surface area contributed by atoms with E-state index in [2.05, 4.69) is 5.32 Å². The van der Waals surface area contributed by atoms with E-state index in [9.17, 15) is 9.59 Å². The molecule has 7 nitrogen and oxygen atoms in total. The first-order chi connectivity index (χ1) is 11.4. The third-order valence-corrected chi connectivity index (χ3v) is 4.00. The maximum atomic E-state index is 12.4. The van der Waals surface area contributed by atoms with E-state index >= 15 is 0 Å². The van der Waals surface area contributed by atoms with Crippen molar-refractivity contribution in [3.8, 4) is 11.5 Å². The van der Waals surface area contributed by atoms with Gasteiger partial charge in [0.2, 0.25) is 0 Å². The fraction of sp³-hybridized carbons (Fsp3) is 0.412. The van der Waals surface area contributed by atoms with Crippen LogP contribution in [-0.4, -0.2) is 44.8 Å². The maximum absolute atomic E-state index is 12.4. The molecule has 0 aromatic heterocycles. The molecule has 130 valence electrons. The molecule has 1 heterocycles. The number of nitrogens with zero attached hydrogens (tertiary/aromatic N) is 1. The van der Waals surface area contributed by atoms with E-state index in [1.165, 1.54) is 12.0 Å². The van der Waals surface area contributed by atoms with Crippen molar-refractivity contribution in [1.82, 2.24) is 10.2 Å². The van der Waals surface area contributed by atoms with Crippen LogP contribution in [-0.2, 0) is 9.53 Å². The predicted octanol–water partition coefficient (Wildman–Crippen LogP) is 2.24. The van der Waals surface area contributed by atoms with Crippen LogP contribution in [0.25, 0.3) is 0 Å². The molecule has 0 aliphatic carbocycles. The second kappa shape index (κ2) is 7.25. The Balaban J connectivity index is 2.57. The van der Waals surface area contributed by atoms with E-state index in [1.54, 1.807) is 46.2 Å². The number of urea groups is 1. The van der Waals surface area contributed by atoms with Crippen LogP contribution in [0.1, 0.15) is 25.5 Å². The molecule has 1 atom stereocenters. The molecule has 1 N–H and O–H groups in total. The fourth-order valence-corrected chi connectivity index (χ4v) is 2.60. The highest BCUT2D eigenvalue weighted by atomic mass is 16.5. The summed E-state index contributed by atoms with van der Waals surface area (Å²) in [4.78, 5) is 26.0. The zero-order valence-corrected chi connectivity index (χ0v) is 14.5. The molecule has 7 heteroatoms. The van der Waals surface area contributed by atoms with E-state index in [0.717, 1.165) is 0 Å². The Hall–Kier alpha value is -2.70. The second-order valence-corrected chi connectivity index (χ2v) is 5.27. The lowest BCUT2D eigenvalue weighted by Crippen LogP contribution is -2.46. The lowest BCUT2D eigenvalue weighted by atomic mass is 9.94. The zero-order chi connectivity index (χ0) is 17.9. The minimum absolute atomic E-state index is 0.250. The first-order valence-electron chi connectivity index (χ1n) is 7.58. The minimum atomic E-state index is -0.659. The van der Waals surface area contributed by atoms with Crippen molar-refractivity contribution in [2.45, 2.75) is 19.9 Å². The van der Waals surface area contributed by atoms with Crippen LogP contribution in [0, 0.1) is 0 Å². The normalized spacial score (nSPS) is 17.5. The van der Waals surface area contributed by atoms with Crippen LogP contribution in [0.4, 0.5) is 4.79 Å². The molecule has 24 heavy (non-hydrogen) atoms. The topological polar surface area (TPSA) is 77.1 Å². The van der Waals surface area contributed by atoms with Crippen molar-refractivity contribution >= 4 is 12.0 Å². The van der Waals surface area contributed by atoms with E-state index in [4.69, 9.17) is 14.2 Å². The van der Waals surface area contributed by atoms with Gasteiger partial charge >= 0.3 is 12.0 Å². The van der Waals surface area contributed by atoms with Gasteiger partial charge in [-0.3, -0.25) is 0 Å². The van der Waals surface area contributed by atoms with E-state index in [-0.39, 0.29) is 12.6 Å². The highest BCUT2D eigenvalue weighted by Crippen LogP contribution is 2.37. The summed E-state index contributed by atoms with van der Waals surface area (Å²) >= 11 is 0. The lowest BCUT2D eigenvalue weighted by molar-refractivity contribution is -0.139. The van der Waals surface area contributed by atoms with Gasteiger partial charge in [-0.1, -0.05) is 0 Å². The summed E-state index contributed by atoms with van der Waals surface area (Å²) in [5.41, 5.74) is 1.57. The number of rotatable bonds is 5. The Morgan fingerprint density at radius 1 is 1.29 bits per heavy atom. The average Bonchev–Trinajstić information content (AvgIpc) is 2.58. The third kappa shape index (κ3) is 3.15. The quantitative estimate of drug-likeness (QED) is 0.836.